The van der Waals surface area contributed by atoms with Crippen LogP contribution in [0.4, 0.5) is 10.2 Å². The number of rotatable bonds is 5. The number of thiazole rings is 1. The highest BCUT2D eigenvalue weighted by Gasteiger charge is 2.20. The van der Waals surface area contributed by atoms with Gasteiger partial charge in [-0.05, 0) is 37.1 Å². The van der Waals surface area contributed by atoms with Gasteiger partial charge >= 0.3 is 0 Å². The SMILES string of the molecule is CN/C=C(\C=N)c1ccc2sc(-c3ccc(N4CCC[C@H](F)C4)nc3)nc2n1. The number of hydrogen-bond donors (Lipinski definition) is 2. The summed E-state index contributed by atoms with van der Waals surface area (Å²) in [4.78, 5) is 15.7. The van der Waals surface area contributed by atoms with Gasteiger partial charge in [0.2, 0.25) is 0 Å². The van der Waals surface area contributed by atoms with E-state index in [9.17, 15) is 4.39 Å². The summed E-state index contributed by atoms with van der Waals surface area (Å²) in [6, 6.07) is 7.78. The maximum absolute atomic E-state index is 13.6. The second kappa shape index (κ2) is 8.02. The highest BCUT2D eigenvalue weighted by molar-refractivity contribution is 7.21. The van der Waals surface area contributed by atoms with E-state index in [2.05, 4.69) is 20.3 Å². The Morgan fingerprint density at radius 3 is 2.93 bits per heavy atom. The lowest BCUT2D eigenvalue weighted by Gasteiger charge is -2.29. The zero-order valence-electron chi connectivity index (χ0n) is 15.5. The van der Waals surface area contributed by atoms with Gasteiger partial charge in [-0.1, -0.05) is 0 Å². The number of hydrogen-bond acceptors (Lipinski definition) is 7. The van der Waals surface area contributed by atoms with Crippen LogP contribution < -0.4 is 10.2 Å². The van der Waals surface area contributed by atoms with Crippen LogP contribution in [0.2, 0.25) is 0 Å². The van der Waals surface area contributed by atoms with Crippen LogP contribution >= 0.6 is 11.3 Å². The predicted molar refractivity (Wildman–Crippen MR) is 113 cm³/mol. The number of allylic oxidation sites excluding steroid dienone is 1. The van der Waals surface area contributed by atoms with Gasteiger partial charge in [0.1, 0.15) is 17.0 Å². The van der Waals surface area contributed by atoms with Crippen molar-refractivity contribution in [3.63, 3.8) is 0 Å². The van der Waals surface area contributed by atoms with Crippen LogP contribution in [-0.4, -0.2) is 47.5 Å². The molecule has 0 radical (unpaired) electrons. The monoisotopic (exact) mass is 396 g/mol. The average Bonchev–Trinajstić information content (AvgIpc) is 3.15. The van der Waals surface area contributed by atoms with E-state index in [4.69, 9.17) is 5.41 Å². The number of anilines is 1. The Kier molecular flexibility index (Phi) is 5.29. The van der Waals surface area contributed by atoms with Crippen LogP contribution in [0, 0.1) is 5.41 Å². The Balaban J connectivity index is 1.60. The highest BCUT2D eigenvalue weighted by Crippen LogP contribution is 2.31. The number of nitrogens with zero attached hydrogens (tertiary/aromatic N) is 4. The first-order valence-corrected chi connectivity index (χ1v) is 10.0. The number of aromatic nitrogens is 3. The van der Waals surface area contributed by atoms with Crippen molar-refractivity contribution in [1.82, 2.24) is 20.3 Å². The molecule has 1 atom stereocenters. The first-order valence-electron chi connectivity index (χ1n) is 9.19. The summed E-state index contributed by atoms with van der Waals surface area (Å²) in [7, 11) is 1.79. The third-order valence-corrected chi connectivity index (χ3v) is 5.75. The predicted octanol–water partition coefficient (Wildman–Crippen LogP) is 3.90. The minimum absolute atomic E-state index is 0.412. The van der Waals surface area contributed by atoms with Crippen molar-refractivity contribution in [1.29, 1.82) is 5.41 Å². The Labute approximate surface area is 166 Å². The van der Waals surface area contributed by atoms with E-state index in [0.717, 1.165) is 34.1 Å². The molecule has 0 unspecified atom stereocenters. The first-order chi connectivity index (χ1) is 13.7. The summed E-state index contributed by atoms with van der Waals surface area (Å²) >= 11 is 1.55. The lowest BCUT2D eigenvalue weighted by atomic mass is 10.1. The highest BCUT2D eigenvalue weighted by atomic mass is 32.1. The molecule has 0 saturated carbocycles. The average molecular weight is 396 g/mol. The molecule has 144 valence electrons. The third kappa shape index (κ3) is 3.73. The Hall–Kier alpha value is -2.87. The molecule has 6 nitrogen and oxygen atoms in total. The number of piperidine rings is 1. The summed E-state index contributed by atoms with van der Waals surface area (Å²) < 4.78 is 14.6. The molecule has 2 N–H and O–H groups in total. The lowest BCUT2D eigenvalue weighted by molar-refractivity contribution is 0.286. The van der Waals surface area contributed by atoms with Gasteiger partial charge in [-0.15, -0.1) is 11.3 Å². The molecule has 3 aromatic heterocycles. The van der Waals surface area contributed by atoms with Crippen LogP contribution in [-0.2, 0) is 0 Å². The number of nitrogens with one attached hydrogen (secondary N) is 2. The largest absolute Gasteiger partial charge is 0.393 e. The number of fused-ring (bicyclic) bond motifs is 1. The molecule has 0 amide bonds. The fourth-order valence-electron chi connectivity index (χ4n) is 3.28. The Morgan fingerprint density at radius 2 is 2.21 bits per heavy atom. The summed E-state index contributed by atoms with van der Waals surface area (Å²) in [6.45, 7) is 1.26. The molecule has 1 fully saturated rings. The van der Waals surface area contributed by atoms with Gasteiger partial charge in [0.25, 0.3) is 0 Å². The minimum Gasteiger partial charge on any atom is -0.393 e. The second-order valence-electron chi connectivity index (χ2n) is 6.66. The summed E-state index contributed by atoms with van der Waals surface area (Å²) in [5, 5.41) is 11.3. The Morgan fingerprint density at radius 1 is 1.32 bits per heavy atom. The summed E-state index contributed by atoms with van der Waals surface area (Å²) in [5.41, 5.74) is 2.97. The van der Waals surface area contributed by atoms with Crippen molar-refractivity contribution in [3.8, 4) is 10.6 Å². The van der Waals surface area contributed by atoms with Crippen LogP contribution in [0.5, 0.6) is 0 Å². The smallest absolute Gasteiger partial charge is 0.171 e. The van der Waals surface area contributed by atoms with Gasteiger partial charge in [0.05, 0.1) is 16.9 Å². The molecule has 4 rings (SSSR count). The van der Waals surface area contributed by atoms with E-state index in [-0.39, 0.29) is 0 Å². The van der Waals surface area contributed by atoms with Crippen LogP contribution in [0.25, 0.3) is 26.5 Å². The molecule has 8 heteroatoms. The van der Waals surface area contributed by atoms with E-state index in [1.807, 2.05) is 29.2 Å². The van der Waals surface area contributed by atoms with Crippen LogP contribution in [0.15, 0.2) is 36.7 Å². The molecule has 4 heterocycles. The van der Waals surface area contributed by atoms with E-state index in [1.54, 1.807) is 30.8 Å². The van der Waals surface area contributed by atoms with Crippen molar-refractivity contribution >= 4 is 39.3 Å². The molecule has 1 aliphatic heterocycles. The van der Waals surface area contributed by atoms with Gasteiger partial charge in [0.15, 0.2) is 5.65 Å². The fourth-order valence-corrected chi connectivity index (χ4v) is 4.18. The summed E-state index contributed by atoms with van der Waals surface area (Å²) in [6.07, 6.45) is 5.51. The zero-order chi connectivity index (χ0) is 19.5. The molecule has 28 heavy (non-hydrogen) atoms. The molecule has 1 saturated heterocycles. The normalized spacial score (nSPS) is 17.7. The topological polar surface area (TPSA) is 77.8 Å². The molecule has 0 aliphatic carbocycles. The maximum Gasteiger partial charge on any atom is 0.171 e. The van der Waals surface area contributed by atoms with E-state index >= 15 is 0 Å². The molecule has 0 bridgehead atoms. The Bertz CT molecular complexity index is 1010. The van der Waals surface area contributed by atoms with Gasteiger partial charge in [-0.3, -0.25) is 0 Å². The van der Waals surface area contributed by atoms with Crippen LogP contribution in [0.1, 0.15) is 18.5 Å². The van der Waals surface area contributed by atoms with Crippen molar-refractivity contribution in [2.45, 2.75) is 19.0 Å². The third-order valence-electron chi connectivity index (χ3n) is 4.69. The molecular weight excluding hydrogens is 375 g/mol. The van der Waals surface area contributed by atoms with E-state index in [1.165, 1.54) is 6.21 Å². The van der Waals surface area contributed by atoms with Crippen molar-refractivity contribution in [2.75, 3.05) is 25.0 Å². The van der Waals surface area contributed by atoms with Crippen molar-refractivity contribution in [2.24, 2.45) is 0 Å². The molecular formula is C20H21FN6S. The molecule has 1 aliphatic rings. The molecule has 3 aromatic rings. The number of pyridine rings is 2. The van der Waals surface area contributed by atoms with Crippen molar-refractivity contribution in [3.05, 3.63) is 42.4 Å². The molecule has 0 aromatic carbocycles. The van der Waals surface area contributed by atoms with E-state index in [0.29, 0.717) is 29.9 Å². The van der Waals surface area contributed by atoms with E-state index < -0.39 is 6.17 Å². The van der Waals surface area contributed by atoms with Crippen LogP contribution in [0.3, 0.4) is 0 Å². The summed E-state index contributed by atoms with van der Waals surface area (Å²) in [5.74, 6) is 0.806. The minimum atomic E-state index is -0.775. The van der Waals surface area contributed by atoms with Gasteiger partial charge in [0, 0.05) is 43.3 Å². The quantitative estimate of drug-likeness (QED) is 0.640. The zero-order valence-corrected chi connectivity index (χ0v) is 16.3. The number of halogens is 1. The van der Waals surface area contributed by atoms with Gasteiger partial charge < -0.3 is 15.6 Å². The maximum atomic E-state index is 13.6. The van der Waals surface area contributed by atoms with Crippen molar-refractivity contribution < 1.29 is 4.39 Å². The second-order valence-corrected chi connectivity index (χ2v) is 7.69. The fraction of sp³-hybridized carbons (Fsp3) is 0.300. The first kappa shape index (κ1) is 18.5. The molecule has 0 spiro atoms. The lowest BCUT2D eigenvalue weighted by Crippen LogP contribution is -2.36. The van der Waals surface area contributed by atoms with Gasteiger partial charge in [-0.25, -0.2) is 19.3 Å². The standard InChI is InChI=1S/C20H21FN6S/c1-23-10-14(9-22)16-5-6-17-19(25-16)26-20(28-17)13-4-7-18(24-11-13)27-8-2-3-15(21)12-27/h4-7,9-11,15,22-23H,2-3,8,12H2,1H3/b14-10+,22-9?/t15-/m0/s1. The number of alkyl halides is 1. The van der Waals surface area contributed by atoms with Gasteiger partial charge in [-0.2, -0.15) is 0 Å².